The fourth-order valence-corrected chi connectivity index (χ4v) is 3.25. The van der Waals surface area contributed by atoms with Crippen molar-refractivity contribution >= 4 is 23.6 Å². The summed E-state index contributed by atoms with van der Waals surface area (Å²) in [6.45, 7) is 0.679. The predicted molar refractivity (Wildman–Crippen MR) is 95.6 cm³/mol. The first-order chi connectivity index (χ1) is 12.0. The van der Waals surface area contributed by atoms with Gasteiger partial charge in [-0.25, -0.2) is 4.79 Å². The molecule has 6 heteroatoms. The Bertz CT molecular complexity index is 766. The number of nitrogens with one attached hydrogen (secondary N) is 1. The van der Waals surface area contributed by atoms with Gasteiger partial charge in [0.15, 0.2) is 0 Å². The van der Waals surface area contributed by atoms with E-state index in [0.29, 0.717) is 18.0 Å². The van der Waals surface area contributed by atoms with Crippen molar-refractivity contribution in [3.05, 3.63) is 70.7 Å². The van der Waals surface area contributed by atoms with Crippen LogP contribution < -0.4 is 5.32 Å². The van der Waals surface area contributed by atoms with Crippen molar-refractivity contribution in [2.75, 3.05) is 13.1 Å². The van der Waals surface area contributed by atoms with Crippen LogP contribution in [0.3, 0.4) is 0 Å². The molecule has 5 nitrogen and oxygen atoms in total. The number of nitrogens with zero attached hydrogens (tertiary/aromatic N) is 1. The number of carbonyl (C=O) groups is 2. The Morgan fingerprint density at radius 2 is 1.84 bits per heavy atom. The van der Waals surface area contributed by atoms with Crippen molar-refractivity contribution in [2.24, 2.45) is 5.92 Å². The molecular formula is C19H19ClN2O3. The van der Waals surface area contributed by atoms with Crippen molar-refractivity contribution in [2.45, 2.75) is 12.5 Å². The number of benzene rings is 2. The number of hydrogen-bond acceptors (Lipinski definition) is 2. The topological polar surface area (TPSA) is 69.6 Å². The number of hydrogen-bond donors (Lipinski definition) is 2. The van der Waals surface area contributed by atoms with E-state index in [2.05, 4.69) is 5.32 Å². The van der Waals surface area contributed by atoms with Crippen molar-refractivity contribution in [1.29, 1.82) is 0 Å². The van der Waals surface area contributed by atoms with Gasteiger partial charge in [-0.1, -0.05) is 54.1 Å². The van der Waals surface area contributed by atoms with E-state index in [1.807, 2.05) is 48.5 Å². The Balaban J connectivity index is 1.81. The number of aliphatic carboxylic acids is 1. The third-order valence-corrected chi connectivity index (χ3v) is 4.64. The molecule has 0 saturated carbocycles. The van der Waals surface area contributed by atoms with Crippen LogP contribution in [0, 0.1) is 5.92 Å². The van der Waals surface area contributed by atoms with E-state index in [0.717, 1.165) is 11.1 Å². The average molecular weight is 359 g/mol. The van der Waals surface area contributed by atoms with Crippen LogP contribution in [0.5, 0.6) is 0 Å². The lowest BCUT2D eigenvalue weighted by molar-refractivity contribution is -0.141. The monoisotopic (exact) mass is 358 g/mol. The van der Waals surface area contributed by atoms with Gasteiger partial charge in [-0.15, -0.1) is 0 Å². The Hall–Kier alpha value is -2.53. The highest BCUT2D eigenvalue weighted by molar-refractivity contribution is 6.30. The number of rotatable bonds is 4. The smallest absolute Gasteiger partial charge is 0.318 e. The summed E-state index contributed by atoms with van der Waals surface area (Å²) >= 11 is 6.11. The Labute approximate surface area is 151 Å². The highest BCUT2D eigenvalue weighted by Crippen LogP contribution is 2.25. The molecule has 1 heterocycles. The van der Waals surface area contributed by atoms with Crippen LogP contribution in [0.2, 0.25) is 5.02 Å². The second-order valence-corrected chi connectivity index (χ2v) is 6.55. The van der Waals surface area contributed by atoms with E-state index in [-0.39, 0.29) is 18.6 Å². The van der Waals surface area contributed by atoms with E-state index in [9.17, 15) is 9.59 Å². The predicted octanol–water partition coefficient (Wildman–Crippen LogP) is 3.55. The van der Waals surface area contributed by atoms with Crippen LogP contribution >= 0.6 is 11.6 Å². The fourth-order valence-electron chi connectivity index (χ4n) is 3.05. The minimum atomic E-state index is -0.857. The van der Waals surface area contributed by atoms with E-state index >= 15 is 0 Å². The number of likely N-dealkylation sites (tertiary alicyclic amines) is 1. The van der Waals surface area contributed by atoms with Gasteiger partial charge < -0.3 is 15.3 Å². The molecule has 0 aromatic heterocycles. The molecule has 1 fully saturated rings. The highest BCUT2D eigenvalue weighted by atomic mass is 35.5. The van der Waals surface area contributed by atoms with Gasteiger partial charge in [0.25, 0.3) is 0 Å². The summed E-state index contributed by atoms with van der Waals surface area (Å²) < 4.78 is 0. The summed E-state index contributed by atoms with van der Waals surface area (Å²) in [6, 6.07) is 16.4. The highest BCUT2D eigenvalue weighted by Gasteiger charge is 2.32. The fraction of sp³-hybridized carbons (Fsp3) is 0.263. The first-order valence-electron chi connectivity index (χ1n) is 8.13. The molecule has 130 valence electrons. The Kier molecular flexibility index (Phi) is 5.24. The third kappa shape index (κ3) is 4.12. The lowest BCUT2D eigenvalue weighted by atomic mass is 9.99. The zero-order chi connectivity index (χ0) is 17.8. The van der Waals surface area contributed by atoms with E-state index in [1.54, 1.807) is 11.0 Å². The summed E-state index contributed by atoms with van der Waals surface area (Å²) in [6.07, 6.45) is 0.482. The summed E-state index contributed by atoms with van der Waals surface area (Å²) in [5.41, 5.74) is 1.81. The standard InChI is InChI=1S/C19H19ClN2O3/c20-16-8-4-7-14(11-16)17(13-5-2-1-3-6-13)21-19(25)22-10-9-15(12-22)18(23)24/h1-8,11,15,17H,9-10,12H2,(H,21,25)(H,23,24). The molecule has 25 heavy (non-hydrogen) atoms. The van der Waals surface area contributed by atoms with Crippen LogP contribution in [-0.2, 0) is 4.79 Å². The molecule has 0 spiro atoms. The second-order valence-electron chi connectivity index (χ2n) is 6.12. The maximum Gasteiger partial charge on any atom is 0.318 e. The van der Waals surface area contributed by atoms with Crippen LogP contribution in [0.4, 0.5) is 4.79 Å². The molecule has 3 rings (SSSR count). The molecule has 1 aliphatic heterocycles. The molecule has 1 saturated heterocycles. The van der Waals surface area contributed by atoms with E-state index in [4.69, 9.17) is 16.7 Å². The zero-order valence-electron chi connectivity index (χ0n) is 13.6. The minimum absolute atomic E-state index is 0.234. The summed E-state index contributed by atoms with van der Waals surface area (Å²) in [4.78, 5) is 25.3. The maximum atomic E-state index is 12.6. The number of carboxylic acid groups (broad SMARTS) is 1. The first kappa shape index (κ1) is 17.3. The van der Waals surface area contributed by atoms with Crippen LogP contribution in [-0.4, -0.2) is 35.1 Å². The molecule has 2 aromatic carbocycles. The normalized spacial score (nSPS) is 18.0. The van der Waals surface area contributed by atoms with Crippen molar-refractivity contribution in [1.82, 2.24) is 10.2 Å². The largest absolute Gasteiger partial charge is 0.481 e. The quantitative estimate of drug-likeness (QED) is 0.878. The number of urea groups is 1. The van der Waals surface area contributed by atoms with Gasteiger partial charge in [0.1, 0.15) is 0 Å². The average Bonchev–Trinajstić information content (AvgIpc) is 3.11. The van der Waals surface area contributed by atoms with Crippen LogP contribution in [0.15, 0.2) is 54.6 Å². The molecule has 2 atom stereocenters. The second kappa shape index (κ2) is 7.57. The Morgan fingerprint density at radius 1 is 1.12 bits per heavy atom. The maximum absolute atomic E-state index is 12.6. The summed E-state index contributed by atoms with van der Waals surface area (Å²) in [5.74, 6) is -1.35. The molecule has 2 amide bonds. The van der Waals surface area contributed by atoms with E-state index in [1.165, 1.54) is 0 Å². The number of carbonyl (C=O) groups excluding carboxylic acids is 1. The molecular weight excluding hydrogens is 340 g/mol. The molecule has 2 aromatic rings. The van der Waals surface area contributed by atoms with Crippen molar-refractivity contribution < 1.29 is 14.7 Å². The summed E-state index contributed by atoms with van der Waals surface area (Å²) in [7, 11) is 0. The van der Waals surface area contributed by atoms with Gasteiger partial charge in [0, 0.05) is 18.1 Å². The third-order valence-electron chi connectivity index (χ3n) is 4.41. The molecule has 0 aliphatic carbocycles. The molecule has 0 radical (unpaired) electrons. The van der Waals surface area contributed by atoms with Crippen molar-refractivity contribution in [3.63, 3.8) is 0 Å². The number of halogens is 1. The van der Waals surface area contributed by atoms with Crippen molar-refractivity contribution in [3.8, 4) is 0 Å². The lowest BCUT2D eigenvalue weighted by Gasteiger charge is -2.24. The van der Waals surface area contributed by atoms with Gasteiger partial charge in [-0.05, 0) is 29.7 Å². The first-order valence-corrected chi connectivity index (χ1v) is 8.51. The van der Waals surface area contributed by atoms with Gasteiger partial charge in [0.05, 0.1) is 12.0 Å². The lowest BCUT2D eigenvalue weighted by Crippen LogP contribution is -2.41. The van der Waals surface area contributed by atoms with Gasteiger partial charge >= 0.3 is 12.0 Å². The number of amides is 2. The van der Waals surface area contributed by atoms with Gasteiger partial charge in [-0.3, -0.25) is 4.79 Å². The minimum Gasteiger partial charge on any atom is -0.481 e. The molecule has 2 unspecified atom stereocenters. The zero-order valence-corrected chi connectivity index (χ0v) is 14.3. The number of carboxylic acids is 1. The van der Waals surface area contributed by atoms with E-state index < -0.39 is 11.9 Å². The molecule has 2 N–H and O–H groups in total. The molecule has 0 bridgehead atoms. The van der Waals surface area contributed by atoms with Gasteiger partial charge in [-0.2, -0.15) is 0 Å². The van der Waals surface area contributed by atoms with Crippen LogP contribution in [0.25, 0.3) is 0 Å². The summed E-state index contributed by atoms with van der Waals surface area (Å²) in [5, 5.41) is 12.7. The van der Waals surface area contributed by atoms with Gasteiger partial charge in [0.2, 0.25) is 0 Å². The SMILES string of the molecule is O=C(O)C1CCN(C(=O)NC(c2ccccc2)c2cccc(Cl)c2)C1. The Morgan fingerprint density at radius 3 is 2.48 bits per heavy atom. The van der Waals surface area contributed by atoms with Crippen LogP contribution in [0.1, 0.15) is 23.6 Å². The molecule has 1 aliphatic rings.